The third-order valence-corrected chi connectivity index (χ3v) is 7.35. The first-order valence-corrected chi connectivity index (χ1v) is 12.6. The Morgan fingerprint density at radius 2 is 1.83 bits per heavy atom. The van der Waals surface area contributed by atoms with Crippen LogP contribution >= 0.6 is 33.9 Å². The summed E-state index contributed by atoms with van der Waals surface area (Å²) in [5, 5.41) is 11.4. The minimum atomic E-state index is -0.899. The fourth-order valence-corrected chi connectivity index (χ4v) is 5.39. The van der Waals surface area contributed by atoms with Gasteiger partial charge in [0.05, 0.1) is 28.4 Å². The molecule has 6 nitrogen and oxygen atoms in total. The molecule has 0 spiro atoms. The molecule has 9 heteroatoms. The highest BCUT2D eigenvalue weighted by atomic mass is 127. The van der Waals surface area contributed by atoms with Crippen LogP contribution in [0, 0.1) is 9.39 Å². The Balaban J connectivity index is 1.69. The molecule has 1 atom stereocenters. The van der Waals surface area contributed by atoms with E-state index >= 15 is 0 Å². The maximum atomic E-state index is 13.5. The van der Waals surface area contributed by atoms with E-state index in [1.54, 1.807) is 12.1 Å². The molecular formula is C26H18FIN2O4S. The second kappa shape index (κ2) is 9.38. The van der Waals surface area contributed by atoms with Crippen LogP contribution in [0.2, 0.25) is 0 Å². The molecule has 1 amide bonds. The Morgan fingerprint density at radius 3 is 2.51 bits per heavy atom. The van der Waals surface area contributed by atoms with Crippen molar-refractivity contribution >= 4 is 66.7 Å². The smallest absolute Gasteiger partial charge is 0.301 e. The molecule has 1 N–H and O–H groups in total. The zero-order valence-electron chi connectivity index (χ0n) is 18.4. The normalized spacial score (nSPS) is 17.3. The lowest BCUT2D eigenvalue weighted by Gasteiger charge is -2.23. The second-order valence-electron chi connectivity index (χ2n) is 7.79. The number of carbonyl (C=O) groups is 2. The highest BCUT2D eigenvalue weighted by Gasteiger charge is 2.48. The number of anilines is 1. The number of halogens is 2. The summed E-state index contributed by atoms with van der Waals surface area (Å²) < 4.78 is 20.8. The molecule has 0 bridgehead atoms. The lowest BCUT2D eigenvalue weighted by molar-refractivity contribution is -0.132. The molecule has 1 saturated heterocycles. The van der Waals surface area contributed by atoms with Crippen LogP contribution in [0.3, 0.4) is 0 Å². The molecule has 1 aliphatic rings. The number of Topliss-reactive ketones (excluding diaryl/α,β-unsaturated/α-hetero) is 1. The number of fused-ring (bicyclic) bond motifs is 1. The maximum absolute atomic E-state index is 13.5. The minimum Gasteiger partial charge on any atom is -0.507 e. The Labute approximate surface area is 217 Å². The monoisotopic (exact) mass is 600 g/mol. The summed E-state index contributed by atoms with van der Waals surface area (Å²) in [7, 11) is 0. The molecular weight excluding hydrogens is 582 g/mol. The van der Waals surface area contributed by atoms with E-state index in [4.69, 9.17) is 4.74 Å². The van der Waals surface area contributed by atoms with E-state index in [9.17, 15) is 19.1 Å². The van der Waals surface area contributed by atoms with Gasteiger partial charge in [0.15, 0.2) is 5.13 Å². The van der Waals surface area contributed by atoms with Crippen LogP contribution in [-0.4, -0.2) is 28.4 Å². The van der Waals surface area contributed by atoms with Gasteiger partial charge < -0.3 is 9.84 Å². The summed E-state index contributed by atoms with van der Waals surface area (Å²) in [4.78, 5) is 32.5. The Morgan fingerprint density at radius 1 is 1.11 bits per heavy atom. The zero-order valence-corrected chi connectivity index (χ0v) is 21.3. The van der Waals surface area contributed by atoms with Crippen molar-refractivity contribution in [2.45, 2.75) is 13.0 Å². The number of amides is 1. The van der Waals surface area contributed by atoms with Crippen LogP contribution < -0.4 is 9.64 Å². The molecule has 4 aromatic rings. The minimum absolute atomic E-state index is 0.0722. The molecule has 0 aliphatic carbocycles. The van der Waals surface area contributed by atoms with Crippen molar-refractivity contribution in [2.75, 3.05) is 11.5 Å². The van der Waals surface area contributed by atoms with Crippen molar-refractivity contribution in [1.29, 1.82) is 0 Å². The van der Waals surface area contributed by atoms with Crippen molar-refractivity contribution in [1.82, 2.24) is 4.98 Å². The molecule has 3 aromatic carbocycles. The highest BCUT2D eigenvalue weighted by molar-refractivity contribution is 14.1. The number of hydrogen-bond acceptors (Lipinski definition) is 6. The van der Waals surface area contributed by atoms with Crippen LogP contribution in [0.5, 0.6) is 5.75 Å². The van der Waals surface area contributed by atoms with Gasteiger partial charge in [0.2, 0.25) is 0 Å². The van der Waals surface area contributed by atoms with E-state index in [1.807, 2.05) is 37.3 Å². The average molecular weight is 600 g/mol. The number of ether oxygens (including phenoxy) is 1. The number of benzene rings is 3. The number of carbonyl (C=O) groups excluding carboxylic acids is 2. The van der Waals surface area contributed by atoms with Crippen LogP contribution in [-0.2, 0) is 9.59 Å². The first-order chi connectivity index (χ1) is 16.9. The van der Waals surface area contributed by atoms with Crippen LogP contribution in [0.1, 0.15) is 24.1 Å². The SMILES string of the molecule is CCOc1ccc2nc(N3C(=O)C(=O)/C(=C(/O)c4ccc(F)cc4)C3c3ccc(I)cc3)sc2c1. The van der Waals surface area contributed by atoms with Crippen LogP contribution in [0.4, 0.5) is 9.52 Å². The molecule has 0 saturated carbocycles. The van der Waals surface area contributed by atoms with Crippen LogP contribution in [0.15, 0.2) is 72.3 Å². The lowest BCUT2D eigenvalue weighted by Crippen LogP contribution is -2.29. The molecule has 1 fully saturated rings. The lowest BCUT2D eigenvalue weighted by atomic mass is 9.95. The van der Waals surface area contributed by atoms with Gasteiger partial charge in [-0.2, -0.15) is 0 Å². The number of aliphatic hydroxyl groups is 1. The summed E-state index contributed by atoms with van der Waals surface area (Å²) >= 11 is 3.43. The second-order valence-corrected chi connectivity index (χ2v) is 10.0. The quantitative estimate of drug-likeness (QED) is 0.130. The first kappa shape index (κ1) is 23.4. The molecule has 0 radical (unpaired) electrons. The Bertz CT molecular complexity index is 1480. The van der Waals surface area contributed by atoms with Gasteiger partial charge in [0.25, 0.3) is 5.78 Å². The summed E-state index contributed by atoms with van der Waals surface area (Å²) in [5.74, 6) is -1.78. The topological polar surface area (TPSA) is 79.7 Å². The van der Waals surface area contributed by atoms with E-state index in [2.05, 4.69) is 27.6 Å². The molecule has 35 heavy (non-hydrogen) atoms. The number of rotatable bonds is 5. The number of hydrogen-bond donors (Lipinski definition) is 1. The predicted octanol–water partition coefficient (Wildman–Crippen LogP) is 6.07. The Kier molecular flexibility index (Phi) is 6.28. The fourth-order valence-electron chi connectivity index (χ4n) is 4.01. The van der Waals surface area contributed by atoms with Gasteiger partial charge in [-0.25, -0.2) is 9.37 Å². The number of ketones is 1. The van der Waals surface area contributed by atoms with Crippen LogP contribution in [0.25, 0.3) is 16.0 Å². The van der Waals surface area contributed by atoms with E-state index in [0.29, 0.717) is 28.6 Å². The summed E-state index contributed by atoms with van der Waals surface area (Å²) in [5.41, 5.74) is 1.47. The largest absolute Gasteiger partial charge is 0.507 e. The van der Waals surface area contributed by atoms with Crippen molar-refractivity contribution in [2.24, 2.45) is 0 Å². The average Bonchev–Trinajstić information content (AvgIpc) is 3.38. The van der Waals surface area contributed by atoms with E-state index in [1.165, 1.54) is 40.5 Å². The van der Waals surface area contributed by atoms with Crippen molar-refractivity contribution in [3.63, 3.8) is 0 Å². The van der Waals surface area contributed by atoms with Gasteiger partial charge in [-0.05, 0) is 89.7 Å². The van der Waals surface area contributed by atoms with Crippen molar-refractivity contribution in [3.05, 3.63) is 92.8 Å². The molecule has 5 rings (SSSR count). The molecule has 1 aromatic heterocycles. The first-order valence-electron chi connectivity index (χ1n) is 10.7. The van der Waals surface area contributed by atoms with E-state index in [0.717, 1.165) is 8.27 Å². The van der Waals surface area contributed by atoms with Crippen molar-refractivity contribution < 1.29 is 23.8 Å². The predicted molar refractivity (Wildman–Crippen MR) is 141 cm³/mol. The van der Waals surface area contributed by atoms with E-state index in [-0.39, 0.29) is 16.9 Å². The molecule has 2 heterocycles. The summed E-state index contributed by atoms with van der Waals surface area (Å²) in [6, 6.07) is 17.0. The third kappa shape index (κ3) is 4.30. The van der Waals surface area contributed by atoms with Gasteiger partial charge in [0, 0.05) is 9.13 Å². The van der Waals surface area contributed by atoms with Crippen molar-refractivity contribution in [3.8, 4) is 5.75 Å². The number of aliphatic hydroxyl groups excluding tert-OH is 1. The third-order valence-electron chi connectivity index (χ3n) is 5.61. The van der Waals surface area contributed by atoms with Gasteiger partial charge in [-0.15, -0.1) is 0 Å². The summed E-state index contributed by atoms with van der Waals surface area (Å²) in [6.07, 6.45) is 0. The molecule has 1 aliphatic heterocycles. The van der Waals surface area contributed by atoms with E-state index < -0.39 is 23.5 Å². The number of aromatic nitrogens is 1. The molecule has 1 unspecified atom stereocenters. The van der Waals surface area contributed by atoms with Gasteiger partial charge in [-0.1, -0.05) is 23.5 Å². The number of nitrogens with zero attached hydrogens (tertiary/aromatic N) is 2. The zero-order chi connectivity index (χ0) is 24.7. The van der Waals surface area contributed by atoms with Gasteiger partial charge >= 0.3 is 5.91 Å². The highest BCUT2D eigenvalue weighted by Crippen LogP contribution is 2.44. The fraction of sp³-hybridized carbons (Fsp3) is 0.115. The summed E-state index contributed by atoms with van der Waals surface area (Å²) in [6.45, 7) is 2.41. The standard InChI is InChI=1S/C26H18FIN2O4S/c1-2-34-18-11-12-19-20(13-18)35-26(29-19)30-22(14-5-9-17(28)10-6-14)21(24(32)25(30)33)23(31)15-3-7-16(27)8-4-15/h3-13,22,31H,2H2,1H3/b23-21+. The Hall–Kier alpha value is -3.31. The van der Waals surface area contributed by atoms with Gasteiger partial charge in [0.1, 0.15) is 17.3 Å². The maximum Gasteiger partial charge on any atom is 0.301 e. The molecule has 176 valence electrons. The number of thiazole rings is 1. The van der Waals surface area contributed by atoms with Gasteiger partial charge in [-0.3, -0.25) is 14.5 Å².